The van der Waals surface area contributed by atoms with Crippen molar-refractivity contribution in [3.8, 4) is 6.07 Å². The van der Waals surface area contributed by atoms with Crippen LogP contribution in [0, 0.1) is 11.3 Å². The zero-order valence-electron chi connectivity index (χ0n) is 16.5. The van der Waals surface area contributed by atoms with E-state index >= 15 is 0 Å². The number of imidazole rings is 1. The average molecular weight is 455 g/mol. The topological polar surface area (TPSA) is 136 Å². The quantitative estimate of drug-likeness (QED) is 0.396. The van der Waals surface area contributed by atoms with Gasteiger partial charge in [0, 0.05) is 12.3 Å². The standard InChI is InChI=1S/C20H15F2N7O2S/c1-32(30,31)14-7-3-2-6-12(14)25-13-9-16(26-15-8-4-5-11(10-23)24-15)27-19-17(13)28-20(29-19)18(21)22/h2-9,18H,1H3,(H3,24,25,26,27,28,29). The highest BCUT2D eigenvalue weighted by Crippen LogP contribution is 2.32. The minimum absolute atomic E-state index is 0.0347. The van der Waals surface area contributed by atoms with Crippen molar-refractivity contribution in [1.82, 2.24) is 19.9 Å². The largest absolute Gasteiger partial charge is 0.352 e. The number of nitrogens with one attached hydrogen (secondary N) is 3. The third-order valence-electron chi connectivity index (χ3n) is 4.35. The van der Waals surface area contributed by atoms with Crippen LogP contribution in [0.2, 0.25) is 0 Å². The molecule has 3 N–H and O–H groups in total. The third kappa shape index (κ3) is 4.33. The molecule has 1 aromatic carbocycles. The lowest BCUT2D eigenvalue weighted by atomic mass is 10.2. The van der Waals surface area contributed by atoms with Crippen molar-refractivity contribution in [2.24, 2.45) is 0 Å². The number of nitriles is 1. The highest BCUT2D eigenvalue weighted by molar-refractivity contribution is 7.90. The molecule has 4 rings (SSSR count). The number of anilines is 4. The summed E-state index contributed by atoms with van der Waals surface area (Å²) in [6.07, 6.45) is -1.79. The molecule has 0 amide bonds. The summed E-state index contributed by atoms with van der Waals surface area (Å²) in [5.41, 5.74) is 0.833. The lowest BCUT2D eigenvalue weighted by Gasteiger charge is -2.13. The van der Waals surface area contributed by atoms with E-state index in [1.54, 1.807) is 30.3 Å². The van der Waals surface area contributed by atoms with Crippen molar-refractivity contribution in [3.05, 3.63) is 60.0 Å². The van der Waals surface area contributed by atoms with E-state index in [4.69, 9.17) is 5.26 Å². The van der Waals surface area contributed by atoms with Crippen LogP contribution in [-0.4, -0.2) is 34.6 Å². The Balaban J connectivity index is 1.83. The maximum absolute atomic E-state index is 13.2. The van der Waals surface area contributed by atoms with Crippen LogP contribution in [0.5, 0.6) is 0 Å². The minimum Gasteiger partial charge on any atom is -0.352 e. The van der Waals surface area contributed by atoms with E-state index in [1.165, 1.54) is 18.2 Å². The Morgan fingerprint density at radius 1 is 1.00 bits per heavy atom. The number of benzene rings is 1. The Labute approximate surface area is 181 Å². The SMILES string of the molecule is CS(=O)(=O)c1ccccc1Nc1cc(Nc2cccc(C#N)n2)nc2[nH]c(C(F)F)nc12. The maximum atomic E-state index is 13.2. The predicted molar refractivity (Wildman–Crippen MR) is 114 cm³/mol. The first-order valence-electron chi connectivity index (χ1n) is 9.13. The first kappa shape index (κ1) is 21.1. The van der Waals surface area contributed by atoms with Gasteiger partial charge in [-0.05, 0) is 24.3 Å². The van der Waals surface area contributed by atoms with Crippen molar-refractivity contribution < 1.29 is 17.2 Å². The Morgan fingerprint density at radius 2 is 1.78 bits per heavy atom. The molecule has 0 spiro atoms. The molecule has 0 unspecified atom stereocenters. The van der Waals surface area contributed by atoms with Gasteiger partial charge in [0.2, 0.25) is 0 Å². The molecule has 0 saturated heterocycles. The Bertz CT molecular complexity index is 1460. The van der Waals surface area contributed by atoms with Crippen molar-refractivity contribution in [2.45, 2.75) is 11.3 Å². The molecule has 3 aromatic heterocycles. The summed E-state index contributed by atoms with van der Waals surface area (Å²) in [6.45, 7) is 0. The molecular weight excluding hydrogens is 440 g/mol. The van der Waals surface area contributed by atoms with E-state index in [0.29, 0.717) is 5.82 Å². The van der Waals surface area contributed by atoms with Gasteiger partial charge in [-0.15, -0.1) is 0 Å². The number of halogens is 2. The molecule has 0 atom stereocenters. The zero-order valence-corrected chi connectivity index (χ0v) is 17.3. The van der Waals surface area contributed by atoms with Gasteiger partial charge in [0.1, 0.15) is 28.9 Å². The van der Waals surface area contributed by atoms with Crippen LogP contribution < -0.4 is 10.6 Å². The Morgan fingerprint density at radius 3 is 2.50 bits per heavy atom. The van der Waals surface area contributed by atoms with E-state index in [-0.39, 0.29) is 38.9 Å². The van der Waals surface area contributed by atoms with Gasteiger partial charge < -0.3 is 15.6 Å². The van der Waals surface area contributed by atoms with Crippen molar-refractivity contribution >= 4 is 44.0 Å². The number of nitrogens with zero attached hydrogens (tertiary/aromatic N) is 4. The summed E-state index contributed by atoms with van der Waals surface area (Å²) in [6, 6.07) is 14.4. The van der Waals surface area contributed by atoms with Crippen molar-refractivity contribution in [3.63, 3.8) is 0 Å². The van der Waals surface area contributed by atoms with E-state index in [9.17, 15) is 17.2 Å². The monoisotopic (exact) mass is 455 g/mol. The fourth-order valence-corrected chi connectivity index (χ4v) is 3.85. The van der Waals surface area contributed by atoms with E-state index in [1.807, 2.05) is 6.07 Å². The van der Waals surface area contributed by atoms with Crippen LogP contribution >= 0.6 is 0 Å². The number of hydrogen-bond acceptors (Lipinski definition) is 8. The van der Waals surface area contributed by atoms with Crippen LogP contribution in [-0.2, 0) is 9.84 Å². The number of rotatable bonds is 6. The molecule has 0 saturated carbocycles. The summed E-state index contributed by atoms with van der Waals surface area (Å²) < 4.78 is 50.8. The predicted octanol–water partition coefficient (Wildman–Crippen LogP) is 4.05. The van der Waals surface area contributed by atoms with Crippen LogP contribution in [0.25, 0.3) is 11.2 Å². The third-order valence-corrected chi connectivity index (χ3v) is 5.51. The van der Waals surface area contributed by atoms with Crippen LogP contribution in [0.4, 0.5) is 31.8 Å². The summed E-state index contributed by atoms with van der Waals surface area (Å²) >= 11 is 0. The average Bonchev–Trinajstić information content (AvgIpc) is 3.18. The van der Waals surface area contributed by atoms with Gasteiger partial charge in [-0.1, -0.05) is 18.2 Å². The molecule has 4 aromatic rings. The van der Waals surface area contributed by atoms with E-state index < -0.39 is 22.1 Å². The molecule has 0 radical (unpaired) electrons. The number of sulfone groups is 1. The Kier molecular flexibility index (Phi) is 5.41. The first-order chi connectivity index (χ1) is 15.2. The second-order valence-corrected chi connectivity index (χ2v) is 8.70. The van der Waals surface area contributed by atoms with Gasteiger partial charge in [-0.3, -0.25) is 0 Å². The molecule has 32 heavy (non-hydrogen) atoms. The molecule has 0 fully saturated rings. The molecule has 9 nitrogen and oxygen atoms in total. The normalized spacial score (nSPS) is 11.5. The number of pyridine rings is 2. The second kappa shape index (κ2) is 8.20. The molecule has 12 heteroatoms. The van der Waals surface area contributed by atoms with Crippen LogP contribution in [0.1, 0.15) is 17.9 Å². The second-order valence-electron chi connectivity index (χ2n) is 6.71. The maximum Gasteiger partial charge on any atom is 0.295 e. The zero-order chi connectivity index (χ0) is 22.9. The van der Waals surface area contributed by atoms with Gasteiger partial charge in [-0.25, -0.2) is 32.2 Å². The molecule has 0 aliphatic carbocycles. The number of H-pyrrole nitrogens is 1. The van der Waals surface area contributed by atoms with Crippen molar-refractivity contribution in [1.29, 1.82) is 5.26 Å². The number of hydrogen-bond donors (Lipinski definition) is 3. The Hall–Kier alpha value is -4.11. The molecule has 0 aliphatic heterocycles. The number of para-hydroxylation sites is 1. The molecular formula is C20H15F2N7O2S. The van der Waals surface area contributed by atoms with Crippen LogP contribution in [0.3, 0.4) is 0 Å². The van der Waals surface area contributed by atoms with Gasteiger partial charge in [0.15, 0.2) is 21.3 Å². The van der Waals surface area contributed by atoms with Gasteiger partial charge in [0.25, 0.3) is 6.43 Å². The first-order valence-corrected chi connectivity index (χ1v) is 11.0. The molecule has 0 bridgehead atoms. The number of aromatic nitrogens is 4. The van der Waals surface area contributed by atoms with Crippen LogP contribution in [0.15, 0.2) is 53.4 Å². The lowest BCUT2D eigenvalue weighted by Crippen LogP contribution is -2.04. The summed E-state index contributed by atoms with van der Waals surface area (Å²) in [4.78, 5) is 14.8. The number of aromatic amines is 1. The summed E-state index contributed by atoms with van der Waals surface area (Å²) in [5.74, 6) is -0.0513. The highest BCUT2D eigenvalue weighted by Gasteiger charge is 2.19. The number of fused-ring (bicyclic) bond motifs is 1. The summed E-state index contributed by atoms with van der Waals surface area (Å²) in [7, 11) is -3.56. The molecule has 0 aliphatic rings. The lowest BCUT2D eigenvalue weighted by molar-refractivity contribution is 0.142. The fraction of sp³-hybridized carbons (Fsp3) is 0.100. The number of alkyl halides is 2. The van der Waals surface area contributed by atoms with Gasteiger partial charge in [0.05, 0.1) is 16.3 Å². The molecule has 162 valence electrons. The van der Waals surface area contributed by atoms with E-state index in [2.05, 4.69) is 30.6 Å². The summed E-state index contributed by atoms with van der Waals surface area (Å²) in [5, 5.41) is 14.9. The fourth-order valence-electron chi connectivity index (χ4n) is 3.01. The van der Waals surface area contributed by atoms with E-state index in [0.717, 1.165) is 6.26 Å². The smallest absolute Gasteiger partial charge is 0.295 e. The van der Waals surface area contributed by atoms with Crippen molar-refractivity contribution in [2.75, 3.05) is 16.9 Å². The highest BCUT2D eigenvalue weighted by atomic mass is 32.2. The molecule has 3 heterocycles. The van der Waals surface area contributed by atoms with Gasteiger partial charge >= 0.3 is 0 Å². The van der Waals surface area contributed by atoms with Gasteiger partial charge in [-0.2, -0.15) is 5.26 Å². The minimum atomic E-state index is -3.56.